The van der Waals surface area contributed by atoms with Gasteiger partial charge in [-0.1, -0.05) is 19.1 Å². The molecule has 2 aromatic rings. The van der Waals surface area contributed by atoms with Crippen LogP contribution in [0.1, 0.15) is 32.6 Å². The second kappa shape index (κ2) is 6.04. The Bertz CT molecular complexity index is 760. The van der Waals surface area contributed by atoms with Crippen LogP contribution in [-0.4, -0.2) is 47.0 Å². The van der Waals surface area contributed by atoms with E-state index in [0.29, 0.717) is 5.91 Å². The van der Waals surface area contributed by atoms with Gasteiger partial charge in [0.05, 0.1) is 22.6 Å². The molecule has 2 saturated heterocycles. The van der Waals surface area contributed by atoms with Crippen LogP contribution >= 0.6 is 0 Å². The Kier molecular flexibility index (Phi) is 3.87. The zero-order valence-electron chi connectivity index (χ0n) is 14.2. The van der Waals surface area contributed by atoms with Crippen LogP contribution in [0, 0.1) is 5.41 Å². The summed E-state index contributed by atoms with van der Waals surface area (Å²) in [6.45, 7) is 5.61. The molecule has 0 unspecified atom stereocenters. The minimum Gasteiger partial charge on any atom is -0.354 e. The van der Waals surface area contributed by atoms with Gasteiger partial charge in [-0.25, -0.2) is 4.98 Å². The number of amides is 1. The fourth-order valence-electron chi connectivity index (χ4n) is 4.18. The highest BCUT2D eigenvalue weighted by molar-refractivity contribution is 5.85. The summed E-state index contributed by atoms with van der Waals surface area (Å²) in [6, 6.07) is 7.93. The highest BCUT2D eigenvalue weighted by atomic mass is 16.2. The van der Waals surface area contributed by atoms with E-state index in [1.165, 1.54) is 0 Å². The summed E-state index contributed by atoms with van der Waals surface area (Å²) in [6.07, 6.45) is 5.92. The van der Waals surface area contributed by atoms with Crippen LogP contribution in [0.5, 0.6) is 0 Å². The second-order valence-corrected chi connectivity index (χ2v) is 7.06. The number of benzene rings is 1. The number of carbonyl (C=O) groups is 1. The molecule has 1 amide bonds. The number of likely N-dealkylation sites (tertiary alicyclic amines) is 1. The zero-order chi connectivity index (χ0) is 16.6. The molecule has 2 fully saturated rings. The SMILES string of the molecule is CCCN1CCC[C@@]2(CCN(c3cnc4ccccc4n3)C2)C1=O. The van der Waals surface area contributed by atoms with Crippen molar-refractivity contribution in [1.82, 2.24) is 14.9 Å². The van der Waals surface area contributed by atoms with Crippen LogP contribution in [0.25, 0.3) is 11.0 Å². The Hall–Kier alpha value is -2.17. The first-order valence-electron chi connectivity index (χ1n) is 8.98. The Labute approximate surface area is 142 Å². The maximum atomic E-state index is 13.0. The minimum absolute atomic E-state index is 0.208. The molecule has 3 heterocycles. The first-order valence-corrected chi connectivity index (χ1v) is 8.98. The molecule has 2 aliphatic heterocycles. The molecule has 5 heteroatoms. The van der Waals surface area contributed by atoms with E-state index in [0.717, 1.165) is 68.7 Å². The molecule has 1 aromatic carbocycles. The molecule has 0 aliphatic carbocycles. The normalized spacial score (nSPS) is 24.3. The molecule has 0 radical (unpaired) electrons. The Morgan fingerprint density at radius 1 is 1.17 bits per heavy atom. The van der Waals surface area contributed by atoms with Crippen molar-refractivity contribution in [3.63, 3.8) is 0 Å². The fraction of sp³-hybridized carbons (Fsp3) is 0.526. The van der Waals surface area contributed by atoms with Crippen molar-refractivity contribution >= 4 is 22.8 Å². The number of hydrogen-bond acceptors (Lipinski definition) is 4. The molecule has 2 aliphatic rings. The third-order valence-electron chi connectivity index (χ3n) is 5.43. The van der Waals surface area contributed by atoms with Gasteiger partial charge in [-0.3, -0.25) is 9.78 Å². The van der Waals surface area contributed by atoms with Crippen molar-refractivity contribution in [2.45, 2.75) is 32.6 Å². The van der Waals surface area contributed by atoms with Crippen molar-refractivity contribution in [2.24, 2.45) is 5.41 Å². The number of carbonyl (C=O) groups excluding carboxylic acids is 1. The first kappa shape index (κ1) is 15.4. The third-order valence-corrected chi connectivity index (χ3v) is 5.43. The number of aromatic nitrogens is 2. The lowest BCUT2D eigenvalue weighted by Crippen LogP contribution is -2.50. The maximum Gasteiger partial charge on any atom is 0.230 e. The van der Waals surface area contributed by atoms with Gasteiger partial charge in [-0.15, -0.1) is 0 Å². The van der Waals surface area contributed by atoms with Gasteiger partial charge < -0.3 is 9.80 Å². The molecule has 4 rings (SSSR count). The number of rotatable bonds is 3. The van der Waals surface area contributed by atoms with Gasteiger partial charge in [-0.05, 0) is 37.8 Å². The van der Waals surface area contributed by atoms with Crippen molar-refractivity contribution in [1.29, 1.82) is 0 Å². The topological polar surface area (TPSA) is 49.3 Å². The number of para-hydroxylation sites is 2. The molecule has 1 aromatic heterocycles. The van der Waals surface area contributed by atoms with E-state index >= 15 is 0 Å². The lowest BCUT2D eigenvalue weighted by molar-refractivity contribution is -0.145. The van der Waals surface area contributed by atoms with E-state index in [1.807, 2.05) is 30.5 Å². The molecule has 0 saturated carbocycles. The molecular weight excluding hydrogens is 300 g/mol. The summed E-state index contributed by atoms with van der Waals surface area (Å²) < 4.78 is 0. The predicted octanol–water partition coefficient (Wildman–Crippen LogP) is 2.86. The Balaban J connectivity index is 1.57. The quantitative estimate of drug-likeness (QED) is 0.871. The van der Waals surface area contributed by atoms with Crippen molar-refractivity contribution in [2.75, 3.05) is 31.1 Å². The van der Waals surface area contributed by atoms with Crippen molar-refractivity contribution < 1.29 is 4.79 Å². The number of anilines is 1. The summed E-state index contributed by atoms with van der Waals surface area (Å²) in [5, 5.41) is 0. The molecule has 5 nitrogen and oxygen atoms in total. The standard InChI is InChI=1S/C19H24N4O/c1-2-10-22-11-5-8-19(18(22)24)9-12-23(14-19)17-13-20-15-6-3-4-7-16(15)21-17/h3-4,6-7,13H,2,5,8-12,14H2,1H3/t19-/m0/s1. The molecular formula is C19H24N4O. The molecule has 24 heavy (non-hydrogen) atoms. The minimum atomic E-state index is -0.208. The first-order chi connectivity index (χ1) is 11.7. The monoisotopic (exact) mass is 324 g/mol. The molecule has 1 spiro atoms. The van der Waals surface area contributed by atoms with Gasteiger partial charge in [0, 0.05) is 26.2 Å². The summed E-state index contributed by atoms with van der Waals surface area (Å²) in [5.74, 6) is 1.25. The zero-order valence-corrected chi connectivity index (χ0v) is 14.2. The average Bonchev–Trinajstić information content (AvgIpc) is 3.04. The predicted molar refractivity (Wildman–Crippen MR) is 94.9 cm³/mol. The lowest BCUT2D eigenvalue weighted by Gasteiger charge is -2.39. The van der Waals surface area contributed by atoms with Crippen LogP contribution in [0.3, 0.4) is 0 Å². The van der Waals surface area contributed by atoms with Gasteiger partial charge in [0.25, 0.3) is 0 Å². The van der Waals surface area contributed by atoms with Crippen LogP contribution < -0.4 is 4.90 Å². The third kappa shape index (κ3) is 2.52. The van der Waals surface area contributed by atoms with E-state index in [-0.39, 0.29) is 5.41 Å². The maximum absolute atomic E-state index is 13.0. The molecule has 0 N–H and O–H groups in total. The highest BCUT2D eigenvalue weighted by Gasteiger charge is 2.48. The van der Waals surface area contributed by atoms with Gasteiger partial charge in [-0.2, -0.15) is 0 Å². The second-order valence-electron chi connectivity index (χ2n) is 7.06. The van der Waals surface area contributed by atoms with E-state index in [1.54, 1.807) is 0 Å². The molecule has 126 valence electrons. The smallest absolute Gasteiger partial charge is 0.230 e. The number of nitrogens with zero attached hydrogens (tertiary/aromatic N) is 4. The summed E-state index contributed by atoms with van der Waals surface area (Å²) in [4.78, 5) is 26.6. The summed E-state index contributed by atoms with van der Waals surface area (Å²) in [7, 11) is 0. The fourth-order valence-corrected chi connectivity index (χ4v) is 4.18. The average molecular weight is 324 g/mol. The lowest BCUT2D eigenvalue weighted by atomic mass is 9.78. The van der Waals surface area contributed by atoms with Crippen LogP contribution in [-0.2, 0) is 4.79 Å². The number of hydrogen-bond donors (Lipinski definition) is 0. The van der Waals surface area contributed by atoms with Crippen molar-refractivity contribution in [3.8, 4) is 0 Å². The van der Waals surface area contributed by atoms with Crippen LogP contribution in [0.2, 0.25) is 0 Å². The molecule has 1 atom stereocenters. The van der Waals surface area contributed by atoms with Gasteiger partial charge in [0.1, 0.15) is 5.82 Å². The van der Waals surface area contributed by atoms with E-state index in [2.05, 4.69) is 21.7 Å². The van der Waals surface area contributed by atoms with Gasteiger partial charge in [0.15, 0.2) is 0 Å². The van der Waals surface area contributed by atoms with E-state index < -0.39 is 0 Å². The largest absolute Gasteiger partial charge is 0.354 e. The van der Waals surface area contributed by atoms with E-state index in [9.17, 15) is 4.79 Å². The summed E-state index contributed by atoms with van der Waals surface area (Å²) in [5.41, 5.74) is 1.62. The number of piperidine rings is 1. The van der Waals surface area contributed by atoms with Crippen LogP contribution in [0.4, 0.5) is 5.82 Å². The Morgan fingerprint density at radius 2 is 2.00 bits per heavy atom. The van der Waals surface area contributed by atoms with Gasteiger partial charge >= 0.3 is 0 Å². The summed E-state index contributed by atoms with van der Waals surface area (Å²) >= 11 is 0. The van der Waals surface area contributed by atoms with Crippen molar-refractivity contribution in [3.05, 3.63) is 30.5 Å². The van der Waals surface area contributed by atoms with Gasteiger partial charge in [0.2, 0.25) is 5.91 Å². The van der Waals surface area contributed by atoms with Crippen LogP contribution in [0.15, 0.2) is 30.5 Å². The Morgan fingerprint density at radius 3 is 2.83 bits per heavy atom. The highest BCUT2D eigenvalue weighted by Crippen LogP contribution is 2.41. The molecule has 0 bridgehead atoms. The number of fused-ring (bicyclic) bond motifs is 1. The van der Waals surface area contributed by atoms with E-state index in [4.69, 9.17) is 4.98 Å².